The second-order valence-corrected chi connectivity index (χ2v) is 11.0. The molecule has 2 fully saturated rings. The maximum atomic E-state index is 13.0. The Balaban J connectivity index is 1.63. The Labute approximate surface area is 175 Å². The van der Waals surface area contributed by atoms with Crippen LogP contribution in [0.4, 0.5) is 10.1 Å². The number of carbonyl (C=O) groups excluding carboxylic acids is 1. The van der Waals surface area contributed by atoms with Crippen molar-refractivity contribution in [1.82, 2.24) is 0 Å². The zero-order valence-electron chi connectivity index (χ0n) is 14.6. The van der Waals surface area contributed by atoms with Crippen molar-refractivity contribution < 1.29 is 17.6 Å². The molecular formula is C19H16BrFN2O3S2. The number of amides is 1. The molecule has 1 amide bonds. The van der Waals surface area contributed by atoms with E-state index < -0.39 is 9.84 Å². The second-order valence-electron chi connectivity index (χ2n) is 6.74. The summed E-state index contributed by atoms with van der Waals surface area (Å²) in [5, 5.41) is 0.358. The number of hydrogen-bond acceptors (Lipinski definition) is 4. The van der Waals surface area contributed by atoms with Crippen LogP contribution < -0.4 is 4.90 Å². The van der Waals surface area contributed by atoms with Crippen molar-refractivity contribution in [2.45, 2.75) is 17.7 Å². The van der Waals surface area contributed by atoms with Crippen molar-refractivity contribution in [2.24, 2.45) is 4.99 Å². The molecule has 0 aromatic heterocycles. The average molecular weight is 483 g/mol. The van der Waals surface area contributed by atoms with Crippen molar-refractivity contribution >= 4 is 54.3 Å². The molecule has 0 saturated carbocycles. The number of halogens is 2. The molecule has 0 aliphatic carbocycles. The lowest BCUT2D eigenvalue weighted by atomic mass is 10.1. The van der Waals surface area contributed by atoms with E-state index in [-0.39, 0.29) is 40.9 Å². The predicted molar refractivity (Wildman–Crippen MR) is 113 cm³/mol. The Hall–Kier alpha value is -1.71. The van der Waals surface area contributed by atoms with E-state index in [1.807, 2.05) is 29.2 Å². The van der Waals surface area contributed by atoms with E-state index in [2.05, 4.69) is 20.9 Å². The van der Waals surface area contributed by atoms with Crippen LogP contribution in [0.3, 0.4) is 0 Å². The van der Waals surface area contributed by atoms with Gasteiger partial charge in [0, 0.05) is 15.4 Å². The minimum Gasteiger partial charge on any atom is -0.316 e. The Morgan fingerprint density at radius 2 is 1.96 bits per heavy atom. The third kappa shape index (κ3) is 4.16. The monoisotopic (exact) mass is 482 g/mol. The normalized spacial score (nSPS) is 24.5. The Morgan fingerprint density at radius 3 is 2.68 bits per heavy atom. The van der Waals surface area contributed by atoms with Gasteiger partial charge in [-0.15, -0.1) is 0 Å². The topological polar surface area (TPSA) is 66.8 Å². The van der Waals surface area contributed by atoms with Crippen molar-refractivity contribution in [3.63, 3.8) is 0 Å². The Kier molecular flexibility index (Phi) is 5.32. The summed E-state index contributed by atoms with van der Waals surface area (Å²) in [7, 11) is -3.11. The van der Waals surface area contributed by atoms with Crippen molar-refractivity contribution in [2.75, 3.05) is 16.4 Å². The van der Waals surface area contributed by atoms with Crippen LogP contribution in [0.25, 0.3) is 0 Å². The SMILES string of the molecule is O=C(Cc1ccc(F)cc1)N=C1S[C@H]2CS(=O)(=O)C[C@H]2N1c1cccc(Br)c1. The van der Waals surface area contributed by atoms with Gasteiger partial charge in [0.05, 0.1) is 24.0 Å². The molecule has 2 aliphatic heterocycles. The van der Waals surface area contributed by atoms with Gasteiger partial charge in [0.15, 0.2) is 15.0 Å². The Morgan fingerprint density at radius 1 is 1.21 bits per heavy atom. The van der Waals surface area contributed by atoms with Gasteiger partial charge in [-0.25, -0.2) is 12.8 Å². The first-order valence-corrected chi connectivity index (χ1v) is 12.1. The average Bonchev–Trinajstić information content (AvgIpc) is 3.07. The highest BCUT2D eigenvalue weighted by Gasteiger charge is 2.49. The summed E-state index contributed by atoms with van der Waals surface area (Å²) in [6.45, 7) is 0. The fourth-order valence-electron chi connectivity index (χ4n) is 3.42. The van der Waals surface area contributed by atoms with Crippen molar-refractivity contribution in [1.29, 1.82) is 0 Å². The minimum atomic E-state index is -3.11. The number of hydrogen-bond donors (Lipinski definition) is 0. The van der Waals surface area contributed by atoms with Gasteiger partial charge in [-0.3, -0.25) is 4.79 Å². The van der Waals surface area contributed by atoms with E-state index >= 15 is 0 Å². The summed E-state index contributed by atoms with van der Waals surface area (Å²) in [4.78, 5) is 18.6. The van der Waals surface area contributed by atoms with Crippen LogP contribution in [0.15, 0.2) is 58.0 Å². The number of carbonyl (C=O) groups is 1. The lowest BCUT2D eigenvalue weighted by molar-refractivity contribution is -0.117. The number of anilines is 1. The van der Waals surface area contributed by atoms with Crippen LogP contribution in [0, 0.1) is 5.82 Å². The summed E-state index contributed by atoms with van der Waals surface area (Å²) >= 11 is 4.77. The van der Waals surface area contributed by atoms with Gasteiger partial charge in [-0.1, -0.05) is 45.9 Å². The van der Waals surface area contributed by atoms with Crippen LogP contribution >= 0.6 is 27.7 Å². The number of sulfone groups is 1. The van der Waals surface area contributed by atoms with E-state index in [9.17, 15) is 17.6 Å². The summed E-state index contributed by atoms with van der Waals surface area (Å²) in [5.74, 6) is -0.582. The molecule has 4 rings (SSSR count). The largest absolute Gasteiger partial charge is 0.316 e. The van der Waals surface area contributed by atoms with Crippen molar-refractivity contribution in [3.8, 4) is 0 Å². The maximum Gasteiger partial charge on any atom is 0.252 e. The van der Waals surface area contributed by atoms with Gasteiger partial charge in [0.1, 0.15) is 5.82 Å². The molecule has 2 atom stereocenters. The van der Waals surface area contributed by atoms with E-state index in [0.717, 1.165) is 10.2 Å². The van der Waals surface area contributed by atoms with E-state index in [4.69, 9.17) is 0 Å². The fraction of sp³-hybridized carbons (Fsp3) is 0.263. The molecule has 0 radical (unpaired) electrons. The number of fused-ring (bicyclic) bond motifs is 1. The molecular weight excluding hydrogens is 467 g/mol. The van der Waals surface area contributed by atoms with Gasteiger partial charge in [0.25, 0.3) is 5.91 Å². The lowest BCUT2D eigenvalue weighted by Gasteiger charge is -2.24. The van der Waals surface area contributed by atoms with E-state index in [1.54, 1.807) is 12.1 Å². The predicted octanol–water partition coefficient (Wildman–Crippen LogP) is 3.43. The molecule has 5 nitrogen and oxygen atoms in total. The molecule has 2 aromatic rings. The molecule has 2 aromatic carbocycles. The second kappa shape index (κ2) is 7.61. The number of rotatable bonds is 3. The highest BCUT2D eigenvalue weighted by Crippen LogP contribution is 2.41. The van der Waals surface area contributed by atoms with Gasteiger partial charge in [0.2, 0.25) is 0 Å². The van der Waals surface area contributed by atoms with Crippen molar-refractivity contribution in [3.05, 3.63) is 64.4 Å². The van der Waals surface area contributed by atoms with Crippen LogP contribution in [-0.4, -0.2) is 42.3 Å². The summed E-state index contributed by atoms with van der Waals surface area (Å²) in [6, 6.07) is 13.0. The standard InChI is InChI=1S/C19H16BrFN2O3S2/c20-13-2-1-3-15(9-13)23-16-10-28(25,26)11-17(16)27-19(23)22-18(24)8-12-4-6-14(21)7-5-12/h1-7,9,16-17H,8,10-11H2/t16-,17+/m1/s1. The molecule has 146 valence electrons. The lowest BCUT2D eigenvalue weighted by Crippen LogP contribution is -2.37. The molecule has 0 spiro atoms. The third-order valence-corrected chi connectivity index (χ3v) is 8.34. The van der Waals surface area contributed by atoms with Crippen LogP contribution in [-0.2, 0) is 21.1 Å². The Bertz CT molecular complexity index is 1060. The molecule has 28 heavy (non-hydrogen) atoms. The van der Waals surface area contributed by atoms with Gasteiger partial charge >= 0.3 is 0 Å². The molecule has 0 bridgehead atoms. The van der Waals surface area contributed by atoms with Crippen LogP contribution in [0.5, 0.6) is 0 Å². The molecule has 0 unspecified atom stereocenters. The highest BCUT2D eigenvalue weighted by molar-refractivity contribution is 9.10. The molecule has 0 N–H and O–H groups in total. The number of benzene rings is 2. The number of aliphatic imine (C=N–C) groups is 1. The zero-order valence-corrected chi connectivity index (χ0v) is 17.8. The van der Waals surface area contributed by atoms with Gasteiger partial charge in [-0.05, 0) is 35.9 Å². The van der Waals surface area contributed by atoms with Crippen LogP contribution in [0.1, 0.15) is 5.56 Å². The molecule has 2 heterocycles. The quantitative estimate of drug-likeness (QED) is 0.670. The third-order valence-electron chi connectivity index (χ3n) is 4.64. The minimum absolute atomic E-state index is 0.0440. The molecule has 9 heteroatoms. The number of nitrogens with zero attached hydrogens (tertiary/aromatic N) is 2. The van der Waals surface area contributed by atoms with Gasteiger partial charge in [-0.2, -0.15) is 4.99 Å². The first-order valence-electron chi connectivity index (χ1n) is 8.58. The number of amidine groups is 1. The fourth-order valence-corrected chi connectivity index (χ4v) is 7.73. The first kappa shape index (κ1) is 19.6. The van der Waals surface area contributed by atoms with Crippen LogP contribution in [0.2, 0.25) is 0 Å². The zero-order chi connectivity index (χ0) is 19.9. The highest BCUT2D eigenvalue weighted by atomic mass is 79.9. The summed E-state index contributed by atoms with van der Waals surface area (Å²) < 4.78 is 38.1. The number of thioether (sulfide) groups is 1. The smallest absolute Gasteiger partial charge is 0.252 e. The van der Waals surface area contributed by atoms with Gasteiger partial charge < -0.3 is 4.90 Å². The first-order chi connectivity index (χ1) is 13.3. The maximum absolute atomic E-state index is 13.0. The summed E-state index contributed by atoms with van der Waals surface area (Å²) in [6.07, 6.45) is 0.0598. The molecule has 2 saturated heterocycles. The summed E-state index contributed by atoms with van der Waals surface area (Å²) in [5.41, 5.74) is 1.47. The van der Waals surface area contributed by atoms with E-state index in [0.29, 0.717) is 10.7 Å². The molecule has 2 aliphatic rings. The van der Waals surface area contributed by atoms with E-state index in [1.165, 1.54) is 23.9 Å².